The van der Waals surface area contributed by atoms with Crippen LogP contribution in [-0.2, 0) is 9.53 Å². The van der Waals surface area contributed by atoms with E-state index in [0.717, 1.165) is 12.8 Å². The first kappa shape index (κ1) is 12.7. The number of nitrogens with one attached hydrogen (secondary N) is 1. The molecular weight excluding hydrogens is 256 g/mol. The number of rotatable bonds is 4. The highest BCUT2D eigenvalue weighted by Gasteiger charge is 2.23. The van der Waals surface area contributed by atoms with Gasteiger partial charge in [0.15, 0.2) is 6.61 Å². The maximum Gasteiger partial charge on any atom is 0.338 e. The fraction of sp³-hybridized carbons (Fsp3) is 0.333. The van der Waals surface area contributed by atoms with Crippen LogP contribution in [0.2, 0.25) is 5.02 Å². The molecule has 0 saturated heterocycles. The lowest BCUT2D eigenvalue weighted by Gasteiger charge is -2.06. The van der Waals surface area contributed by atoms with Gasteiger partial charge < -0.3 is 15.8 Å². The fourth-order valence-corrected chi connectivity index (χ4v) is 1.69. The number of hydrogen-bond donors (Lipinski definition) is 2. The van der Waals surface area contributed by atoms with Gasteiger partial charge in [0.2, 0.25) is 0 Å². The number of carbonyl (C=O) groups is 2. The summed E-state index contributed by atoms with van der Waals surface area (Å²) in [6, 6.07) is 4.67. The molecule has 1 aliphatic rings. The van der Waals surface area contributed by atoms with Crippen molar-refractivity contribution in [3.8, 4) is 0 Å². The first-order valence-corrected chi connectivity index (χ1v) is 5.95. The zero-order valence-corrected chi connectivity index (χ0v) is 10.4. The minimum Gasteiger partial charge on any atom is -0.452 e. The zero-order chi connectivity index (χ0) is 13.1. The van der Waals surface area contributed by atoms with Gasteiger partial charge in [-0.05, 0) is 31.0 Å². The number of benzene rings is 1. The Morgan fingerprint density at radius 3 is 2.72 bits per heavy atom. The molecule has 0 bridgehead atoms. The molecule has 0 radical (unpaired) electrons. The first-order chi connectivity index (χ1) is 8.54. The summed E-state index contributed by atoms with van der Waals surface area (Å²) in [4.78, 5) is 23.0. The maximum atomic E-state index is 11.6. The van der Waals surface area contributed by atoms with Crippen molar-refractivity contribution in [2.24, 2.45) is 0 Å². The van der Waals surface area contributed by atoms with Gasteiger partial charge in [0.25, 0.3) is 5.91 Å². The zero-order valence-electron chi connectivity index (χ0n) is 9.61. The number of carbonyl (C=O) groups excluding carboxylic acids is 2. The fourth-order valence-electron chi connectivity index (χ4n) is 1.44. The molecule has 96 valence electrons. The van der Waals surface area contributed by atoms with Crippen LogP contribution in [0.3, 0.4) is 0 Å². The Hall–Kier alpha value is -1.75. The van der Waals surface area contributed by atoms with Crippen molar-refractivity contribution in [2.45, 2.75) is 18.9 Å². The molecule has 1 aliphatic carbocycles. The number of ether oxygens (including phenoxy) is 1. The van der Waals surface area contributed by atoms with Crippen LogP contribution in [0.5, 0.6) is 0 Å². The largest absolute Gasteiger partial charge is 0.452 e. The molecule has 0 aliphatic heterocycles. The van der Waals surface area contributed by atoms with Gasteiger partial charge in [0.1, 0.15) is 0 Å². The van der Waals surface area contributed by atoms with E-state index < -0.39 is 5.97 Å². The highest BCUT2D eigenvalue weighted by Crippen LogP contribution is 2.19. The van der Waals surface area contributed by atoms with Gasteiger partial charge >= 0.3 is 5.97 Å². The van der Waals surface area contributed by atoms with Gasteiger partial charge in [-0.1, -0.05) is 11.6 Å². The quantitative estimate of drug-likeness (QED) is 0.638. The van der Waals surface area contributed by atoms with Crippen molar-refractivity contribution in [2.75, 3.05) is 12.3 Å². The van der Waals surface area contributed by atoms with Gasteiger partial charge in [0.05, 0.1) is 5.56 Å². The van der Waals surface area contributed by atoms with Crippen LogP contribution < -0.4 is 11.1 Å². The molecule has 0 atom stereocenters. The molecule has 1 aromatic carbocycles. The third kappa shape index (κ3) is 3.63. The molecule has 1 amide bonds. The van der Waals surface area contributed by atoms with Crippen LogP contribution in [-0.4, -0.2) is 24.5 Å². The second kappa shape index (κ2) is 5.27. The number of amides is 1. The van der Waals surface area contributed by atoms with E-state index in [-0.39, 0.29) is 24.1 Å². The van der Waals surface area contributed by atoms with Crippen LogP contribution in [0.1, 0.15) is 23.2 Å². The molecule has 18 heavy (non-hydrogen) atoms. The lowest BCUT2D eigenvalue weighted by Crippen LogP contribution is -2.30. The van der Waals surface area contributed by atoms with Gasteiger partial charge in [0, 0.05) is 16.8 Å². The van der Waals surface area contributed by atoms with Crippen molar-refractivity contribution in [3.63, 3.8) is 0 Å². The Morgan fingerprint density at radius 1 is 1.39 bits per heavy atom. The molecule has 0 aromatic heterocycles. The van der Waals surface area contributed by atoms with Crippen LogP contribution in [0.4, 0.5) is 5.69 Å². The number of anilines is 1. The third-order valence-electron chi connectivity index (χ3n) is 2.43. The van der Waals surface area contributed by atoms with Gasteiger partial charge in [-0.25, -0.2) is 4.79 Å². The van der Waals surface area contributed by atoms with E-state index in [1.54, 1.807) is 0 Å². The molecule has 1 saturated carbocycles. The highest BCUT2D eigenvalue weighted by molar-refractivity contribution is 6.31. The maximum absolute atomic E-state index is 11.6. The van der Waals surface area contributed by atoms with Crippen molar-refractivity contribution >= 4 is 29.2 Å². The van der Waals surface area contributed by atoms with E-state index in [9.17, 15) is 9.59 Å². The summed E-state index contributed by atoms with van der Waals surface area (Å²) in [5.41, 5.74) is 6.16. The Morgan fingerprint density at radius 2 is 2.11 bits per heavy atom. The number of halogens is 1. The average Bonchev–Trinajstić information content (AvgIpc) is 3.08. The van der Waals surface area contributed by atoms with Gasteiger partial charge in [-0.2, -0.15) is 0 Å². The molecular formula is C12H13ClN2O3. The Bertz CT molecular complexity index is 466. The van der Waals surface area contributed by atoms with Crippen LogP contribution in [0, 0.1) is 0 Å². The van der Waals surface area contributed by atoms with Gasteiger partial charge in [-0.15, -0.1) is 0 Å². The van der Waals surface area contributed by atoms with E-state index in [1.807, 2.05) is 0 Å². The summed E-state index contributed by atoms with van der Waals surface area (Å²) in [6.07, 6.45) is 1.98. The smallest absolute Gasteiger partial charge is 0.338 e. The molecule has 6 heteroatoms. The van der Waals surface area contributed by atoms with Crippen LogP contribution >= 0.6 is 11.6 Å². The monoisotopic (exact) mass is 268 g/mol. The molecule has 5 nitrogen and oxygen atoms in total. The van der Waals surface area contributed by atoms with Crippen molar-refractivity contribution < 1.29 is 14.3 Å². The summed E-state index contributed by atoms with van der Waals surface area (Å²) in [5, 5.41) is 3.07. The second-order valence-corrected chi connectivity index (χ2v) is 4.63. The number of hydrogen-bond acceptors (Lipinski definition) is 4. The Kier molecular flexibility index (Phi) is 3.72. The van der Waals surface area contributed by atoms with Crippen LogP contribution in [0.25, 0.3) is 0 Å². The molecule has 1 aromatic rings. The number of nitrogens with two attached hydrogens (primary N) is 1. The topological polar surface area (TPSA) is 81.4 Å². The Balaban J connectivity index is 1.88. The second-order valence-electron chi connectivity index (χ2n) is 4.19. The van der Waals surface area contributed by atoms with Crippen LogP contribution in [0.15, 0.2) is 18.2 Å². The van der Waals surface area contributed by atoms with E-state index in [2.05, 4.69) is 5.32 Å². The predicted molar refractivity (Wildman–Crippen MR) is 67.3 cm³/mol. The first-order valence-electron chi connectivity index (χ1n) is 5.57. The van der Waals surface area contributed by atoms with E-state index in [4.69, 9.17) is 22.1 Å². The van der Waals surface area contributed by atoms with Crippen molar-refractivity contribution in [1.29, 1.82) is 0 Å². The molecule has 0 unspecified atom stereocenters. The van der Waals surface area contributed by atoms with Crippen molar-refractivity contribution in [1.82, 2.24) is 5.32 Å². The molecule has 0 heterocycles. The number of nitrogen functional groups attached to an aromatic ring is 1. The summed E-state index contributed by atoms with van der Waals surface area (Å²) < 4.78 is 4.86. The minimum absolute atomic E-state index is 0.235. The predicted octanol–water partition coefficient (Wildman–Crippen LogP) is 1.36. The molecule has 0 spiro atoms. The average molecular weight is 269 g/mol. The lowest BCUT2D eigenvalue weighted by molar-refractivity contribution is -0.124. The van der Waals surface area contributed by atoms with E-state index in [0.29, 0.717) is 10.7 Å². The lowest BCUT2D eigenvalue weighted by atomic mass is 10.2. The van der Waals surface area contributed by atoms with Crippen molar-refractivity contribution in [3.05, 3.63) is 28.8 Å². The summed E-state index contributed by atoms with van der Waals surface area (Å²) in [6.45, 7) is -0.290. The summed E-state index contributed by atoms with van der Waals surface area (Å²) in [7, 11) is 0. The highest BCUT2D eigenvalue weighted by atomic mass is 35.5. The SMILES string of the molecule is Nc1cc(Cl)cc(C(=O)OCC(=O)NC2CC2)c1. The number of esters is 1. The third-order valence-corrected chi connectivity index (χ3v) is 2.65. The normalized spacial score (nSPS) is 14.1. The molecule has 3 N–H and O–H groups in total. The van der Waals surface area contributed by atoms with E-state index in [1.165, 1.54) is 18.2 Å². The van der Waals surface area contributed by atoms with E-state index >= 15 is 0 Å². The Labute approximate surface area is 109 Å². The molecule has 2 rings (SSSR count). The molecule has 1 fully saturated rings. The minimum atomic E-state index is -0.616. The van der Waals surface area contributed by atoms with Gasteiger partial charge in [-0.3, -0.25) is 4.79 Å². The summed E-state index contributed by atoms with van der Waals surface area (Å²) >= 11 is 5.77. The summed E-state index contributed by atoms with van der Waals surface area (Å²) in [5.74, 6) is -0.906. The standard InChI is InChI=1S/C12H13ClN2O3/c13-8-3-7(4-9(14)5-8)12(17)18-6-11(16)15-10-1-2-10/h3-5,10H,1-2,6,14H2,(H,15,16).